The van der Waals surface area contributed by atoms with Crippen LogP contribution in [-0.2, 0) is 4.79 Å². The predicted octanol–water partition coefficient (Wildman–Crippen LogP) is 3.95. The second kappa shape index (κ2) is 11.3. The minimum Gasteiger partial charge on any atom is -0.345 e. The average Bonchev–Trinajstić information content (AvgIpc) is 3.53. The fourth-order valence-corrected chi connectivity index (χ4v) is 6.40. The first kappa shape index (κ1) is 27.7. The second-order valence-corrected chi connectivity index (χ2v) is 11.1. The van der Waals surface area contributed by atoms with E-state index in [9.17, 15) is 18.4 Å². The first-order valence-corrected chi connectivity index (χ1v) is 13.8. The monoisotopic (exact) mass is 551 g/mol. The minimum absolute atomic E-state index is 0.0252. The number of nitrogens with one attached hydrogen (secondary N) is 4. The summed E-state index contributed by atoms with van der Waals surface area (Å²) in [7, 11) is 0. The molecule has 1 aliphatic carbocycles. The first-order chi connectivity index (χ1) is 19.2. The highest BCUT2D eigenvalue weighted by atomic mass is 19.2. The highest BCUT2D eigenvalue weighted by Crippen LogP contribution is 2.48. The Balaban J connectivity index is 1.48. The quantitative estimate of drug-likeness (QED) is 0.397. The summed E-state index contributed by atoms with van der Waals surface area (Å²) in [4.78, 5) is 33.6. The lowest BCUT2D eigenvalue weighted by Gasteiger charge is -2.47. The van der Waals surface area contributed by atoms with Crippen LogP contribution >= 0.6 is 0 Å². The topological polar surface area (TPSA) is 110 Å². The van der Waals surface area contributed by atoms with Gasteiger partial charge in [-0.15, -0.1) is 10.6 Å². The van der Waals surface area contributed by atoms with Gasteiger partial charge in [-0.3, -0.25) is 20.0 Å². The minimum atomic E-state index is -1.06. The van der Waals surface area contributed by atoms with Gasteiger partial charge in [-0.25, -0.2) is 14.3 Å². The van der Waals surface area contributed by atoms with Crippen LogP contribution in [0.15, 0.2) is 52.6 Å². The predicted molar refractivity (Wildman–Crippen MR) is 148 cm³/mol. The molecule has 2 aliphatic heterocycles. The number of hydrogen-bond acceptors (Lipinski definition) is 7. The number of amidine groups is 1. The molecule has 4 N–H and O–H groups in total. The summed E-state index contributed by atoms with van der Waals surface area (Å²) in [6, 6.07) is 10.7. The van der Waals surface area contributed by atoms with Gasteiger partial charge in [0.1, 0.15) is 11.4 Å². The molecule has 212 valence electrons. The number of nitrogens with zero attached hydrogens (tertiary/aromatic N) is 3. The van der Waals surface area contributed by atoms with Crippen LogP contribution in [0.2, 0.25) is 0 Å². The molecule has 40 heavy (non-hydrogen) atoms. The van der Waals surface area contributed by atoms with Gasteiger partial charge >= 0.3 is 0 Å². The number of hydrazine groups is 2. The molecule has 2 amide bonds. The summed E-state index contributed by atoms with van der Waals surface area (Å²) >= 11 is 0. The van der Waals surface area contributed by atoms with Crippen LogP contribution in [0, 0.1) is 23.5 Å². The summed E-state index contributed by atoms with van der Waals surface area (Å²) < 4.78 is 29.1. The molecule has 1 fully saturated rings. The smallest absolute Gasteiger partial charge is 0.275 e. The molecular formula is C29H35F2N7O2. The third-order valence-corrected chi connectivity index (χ3v) is 7.85. The molecule has 0 bridgehead atoms. The van der Waals surface area contributed by atoms with Crippen molar-refractivity contribution in [2.24, 2.45) is 21.9 Å². The first-order valence-electron chi connectivity index (χ1n) is 13.8. The van der Waals surface area contributed by atoms with Crippen molar-refractivity contribution in [3.63, 3.8) is 0 Å². The zero-order valence-electron chi connectivity index (χ0n) is 22.9. The molecule has 3 aliphatic rings. The van der Waals surface area contributed by atoms with Gasteiger partial charge in [0, 0.05) is 11.1 Å². The van der Waals surface area contributed by atoms with Gasteiger partial charge in [0.05, 0.1) is 12.6 Å². The van der Waals surface area contributed by atoms with Gasteiger partial charge in [-0.2, -0.15) is 0 Å². The maximum absolute atomic E-state index is 14.9. The van der Waals surface area contributed by atoms with E-state index < -0.39 is 23.2 Å². The number of amides is 2. The van der Waals surface area contributed by atoms with E-state index >= 15 is 0 Å². The molecule has 11 heteroatoms. The molecule has 0 radical (unpaired) electrons. The van der Waals surface area contributed by atoms with Crippen LogP contribution in [0.25, 0.3) is 0 Å². The number of carbonyl (C=O) groups is 2. The zero-order valence-corrected chi connectivity index (χ0v) is 22.9. The van der Waals surface area contributed by atoms with Gasteiger partial charge < -0.3 is 10.2 Å². The van der Waals surface area contributed by atoms with Crippen molar-refractivity contribution < 1.29 is 18.4 Å². The van der Waals surface area contributed by atoms with E-state index in [4.69, 9.17) is 4.99 Å². The van der Waals surface area contributed by atoms with E-state index in [0.29, 0.717) is 42.5 Å². The van der Waals surface area contributed by atoms with E-state index in [2.05, 4.69) is 40.8 Å². The van der Waals surface area contributed by atoms with Crippen molar-refractivity contribution in [3.05, 3.63) is 70.8 Å². The lowest BCUT2D eigenvalue weighted by molar-refractivity contribution is -0.134. The second-order valence-electron chi connectivity index (χ2n) is 11.1. The number of rotatable bonds is 8. The van der Waals surface area contributed by atoms with E-state index in [0.717, 1.165) is 24.5 Å². The molecule has 1 spiro atoms. The fraction of sp³-hybridized carbons (Fsp3) is 0.448. The third-order valence-electron chi connectivity index (χ3n) is 7.85. The lowest BCUT2D eigenvalue weighted by Crippen LogP contribution is -2.52. The number of benzene rings is 2. The number of hydrogen-bond donors (Lipinski definition) is 4. The summed E-state index contributed by atoms with van der Waals surface area (Å²) in [5, 5.41) is 6.74. The van der Waals surface area contributed by atoms with Crippen molar-refractivity contribution in [2.75, 3.05) is 6.54 Å². The van der Waals surface area contributed by atoms with E-state index in [1.807, 2.05) is 24.0 Å². The van der Waals surface area contributed by atoms with Crippen molar-refractivity contribution in [2.45, 2.75) is 64.6 Å². The van der Waals surface area contributed by atoms with Crippen LogP contribution in [0.5, 0.6) is 0 Å². The molecule has 0 aromatic heterocycles. The maximum atomic E-state index is 14.9. The molecular weight excluding hydrogens is 516 g/mol. The number of aliphatic imine (C=N–C) groups is 1. The summed E-state index contributed by atoms with van der Waals surface area (Å²) in [6.45, 7) is 6.57. The van der Waals surface area contributed by atoms with Crippen LogP contribution < -0.4 is 21.8 Å². The molecule has 3 atom stereocenters. The highest BCUT2D eigenvalue weighted by molar-refractivity contribution is 6.46. The molecule has 0 saturated heterocycles. The Bertz CT molecular complexity index is 1330. The van der Waals surface area contributed by atoms with E-state index in [1.165, 1.54) is 12.1 Å². The number of halogens is 2. The SMILES string of the molecule is CCC[C@H](c1ccc(C(=O)NCC2=NNNN2)cc1)N1C(=O)C(c2cccc(F)c2F)=NC12CC(C)CC(C)C2. The van der Waals surface area contributed by atoms with Gasteiger partial charge in [-0.05, 0) is 67.3 Å². The molecule has 2 heterocycles. The number of carbonyl (C=O) groups excluding carboxylic acids is 2. The van der Waals surface area contributed by atoms with Gasteiger partial charge in [0.2, 0.25) is 0 Å². The average molecular weight is 552 g/mol. The summed E-state index contributed by atoms with van der Waals surface area (Å²) in [5.74, 6) is -1.56. The highest BCUT2D eigenvalue weighted by Gasteiger charge is 2.53. The molecule has 2 unspecified atom stereocenters. The molecule has 2 aromatic rings. The molecule has 2 aromatic carbocycles. The van der Waals surface area contributed by atoms with Crippen LogP contribution in [0.4, 0.5) is 8.78 Å². The van der Waals surface area contributed by atoms with Crippen molar-refractivity contribution in [1.82, 2.24) is 26.7 Å². The van der Waals surface area contributed by atoms with Crippen molar-refractivity contribution in [3.8, 4) is 0 Å². The van der Waals surface area contributed by atoms with Crippen LogP contribution in [-0.4, -0.2) is 40.5 Å². The summed E-state index contributed by atoms with van der Waals surface area (Å²) in [5.41, 5.74) is 8.28. The Kier molecular flexibility index (Phi) is 7.84. The third kappa shape index (κ3) is 5.30. The molecule has 5 rings (SSSR count). The Morgan fingerprint density at radius 1 is 1.15 bits per heavy atom. The fourth-order valence-electron chi connectivity index (χ4n) is 6.40. The number of hydrazone groups is 1. The van der Waals surface area contributed by atoms with Crippen molar-refractivity contribution >= 4 is 23.4 Å². The van der Waals surface area contributed by atoms with E-state index in [-0.39, 0.29) is 29.8 Å². The Morgan fingerprint density at radius 3 is 2.52 bits per heavy atom. The van der Waals surface area contributed by atoms with Crippen molar-refractivity contribution in [1.29, 1.82) is 0 Å². The normalized spacial score (nSPS) is 24.8. The summed E-state index contributed by atoms with van der Waals surface area (Å²) in [6.07, 6.45) is 3.75. The Hall–Kier alpha value is -3.86. The van der Waals surface area contributed by atoms with Gasteiger partial charge in [0.25, 0.3) is 11.8 Å². The van der Waals surface area contributed by atoms with Crippen LogP contribution in [0.3, 0.4) is 0 Å². The van der Waals surface area contributed by atoms with Gasteiger partial charge in [-0.1, -0.05) is 45.4 Å². The Morgan fingerprint density at radius 2 is 1.88 bits per heavy atom. The lowest BCUT2D eigenvalue weighted by atomic mass is 9.75. The largest absolute Gasteiger partial charge is 0.345 e. The molecule has 1 saturated carbocycles. The van der Waals surface area contributed by atoms with E-state index in [1.54, 1.807) is 12.1 Å². The zero-order chi connectivity index (χ0) is 28.4. The van der Waals surface area contributed by atoms with Crippen LogP contribution in [0.1, 0.15) is 80.4 Å². The maximum Gasteiger partial charge on any atom is 0.275 e. The Labute approximate surface area is 232 Å². The van der Waals surface area contributed by atoms with Gasteiger partial charge in [0.15, 0.2) is 17.5 Å². The molecule has 9 nitrogen and oxygen atoms in total. The standard InChI is InChI=1S/C29H35F2N7O2/c1-4-6-23(19-9-11-20(12-10-19)27(39)32-16-24-34-36-37-35-24)38-28(40)26(21-7-5-8-22(30)25(21)31)33-29(38)14-17(2)13-18(3)15-29/h5,7-12,17-18,23,36-37H,4,6,13-16H2,1-3H3,(H,32,39)(H,34,35)/t17?,18?,23-,29?/m1/s1.